The normalized spacial score (nSPS) is 17.0. The molecule has 2 rings (SSSR count). The summed E-state index contributed by atoms with van der Waals surface area (Å²) in [7, 11) is 0. The average molecular weight is 340 g/mol. The van der Waals surface area contributed by atoms with E-state index in [4.69, 9.17) is 4.74 Å². The summed E-state index contributed by atoms with van der Waals surface area (Å²) in [5, 5.41) is 2.85. The fourth-order valence-electron chi connectivity index (χ4n) is 3.32. The summed E-state index contributed by atoms with van der Waals surface area (Å²) in [6.45, 7) is 7.82. The van der Waals surface area contributed by atoms with E-state index in [0.29, 0.717) is 25.7 Å². The van der Waals surface area contributed by atoms with Crippen LogP contribution in [0.25, 0.3) is 0 Å². The molecule has 0 spiro atoms. The first-order chi connectivity index (χ1) is 11.5. The van der Waals surface area contributed by atoms with E-state index in [0.717, 1.165) is 44.1 Å². The van der Waals surface area contributed by atoms with Gasteiger partial charge in [0.25, 0.3) is 5.91 Å². The third-order valence-corrected chi connectivity index (χ3v) is 4.70. The first-order valence-corrected chi connectivity index (χ1v) is 8.61. The number of benzene rings is 1. The zero-order valence-electron chi connectivity index (χ0n) is 14.4. The van der Waals surface area contributed by atoms with Crippen LogP contribution >= 0.6 is 0 Å². The van der Waals surface area contributed by atoms with Gasteiger partial charge in [0, 0.05) is 37.3 Å². The van der Waals surface area contributed by atoms with Gasteiger partial charge in [0.1, 0.15) is 11.6 Å². The molecule has 1 aromatic carbocycles. The average Bonchev–Trinajstić information content (AvgIpc) is 2.58. The zero-order valence-corrected chi connectivity index (χ0v) is 14.4. The molecule has 0 saturated carbocycles. The Kier molecular flexibility index (Phi) is 7.12. The van der Waals surface area contributed by atoms with E-state index in [1.165, 1.54) is 0 Å². The molecule has 1 heterocycles. The molecule has 0 radical (unpaired) electrons. The van der Waals surface area contributed by atoms with Crippen molar-refractivity contribution in [2.75, 3.05) is 32.8 Å². The molecule has 134 valence electrons. The highest BCUT2D eigenvalue weighted by Crippen LogP contribution is 2.20. The molecule has 1 saturated heterocycles. The lowest BCUT2D eigenvalue weighted by atomic mass is 9.92. The van der Waals surface area contributed by atoms with Crippen molar-refractivity contribution in [3.8, 4) is 0 Å². The lowest BCUT2D eigenvalue weighted by molar-refractivity contribution is 0.00191. The monoisotopic (exact) mass is 340 g/mol. The van der Waals surface area contributed by atoms with E-state index in [2.05, 4.69) is 24.1 Å². The highest BCUT2D eigenvalue weighted by molar-refractivity contribution is 5.94. The number of hydrogen-bond acceptors (Lipinski definition) is 3. The Balaban J connectivity index is 2.04. The number of carbonyl (C=O) groups is 1. The Labute approximate surface area is 142 Å². The van der Waals surface area contributed by atoms with Crippen molar-refractivity contribution in [3.05, 3.63) is 35.4 Å². The predicted molar refractivity (Wildman–Crippen MR) is 88.9 cm³/mol. The largest absolute Gasteiger partial charge is 0.379 e. The summed E-state index contributed by atoms with van der Waals surface area (Å²) in [5.41, 5.74) is 0.0118. The fraction of sp³-hybridized carbons (Fsp3) is 0.611. The van der Waals surface area contributed by atoms with E-state index in [1.807, 2.05) is 0 Å². The second-order valence-corrected chi connectivity index (χ2v) is 6.16. The standard InChI is InChI=1S/C18H26F2N2O2/c1-3-13(4-2)17(22-5-7-24-8-6-22)12-21-18(23)14-9-15(19)11-16(20)10-14/h9-11,13,17H,3-8,12H2,1-2H3,(H,21,23)/t17-/m0/s1. The van der Waals surface area contributed by atoms with Gasteiger partial charge in [-0.05, 0) is 18.1 Å². The summed E-state index contributed by atoms with van der Waals surface area (Å²) >= 11 is 0. The molecule has 0 aromatic heterocycles. The summed E-state index contributed by atoms with van der Waals surface area (Å²) in [5.74, 6) is -1.49. The van der Waals surface area contributed by atoms with Gasteiger partial charge in [-0.25, -0.2) is 8.78 Å². The number of hydrogen-bond donors (Lipinski definition) is 1. The van der Waals surface area contributed by atoms with Crippen LogP contribution in [0.4, 0.5) is 8.78 Å². The molecule has 4 nitrogen and oxygen atoms in total. The Hall–Kier alpha value is -1.53. The number of morpholine rings is 1. The van der Waals surface area contributed by atoms with Gasteiger partial charge in [-0.2, -0.15) is 0 Å². The molecule has 6 heteroatoms. The summed E-state index contributed by atoms with van der Waals surface area (Å²) < 4.78 is 32.0. The van der Waals surface area contributed by atoms with Crippen LogP contribution in [0.3, 0.4) is 0 Å². The van der Waals surface area contributed by atoms with Crippen molar-refractivity contribution in [3.63, 3.8) is 0 Å². The third kappa shape index (κ3) is 4.98. The zero-order chi connectivity index (χ0) is 17.5. The highest BCUT2D eigenvalue weighted by Gasteiger charge is 2.27. The van der Waals surface area contributed by atoms with Gasteiger partial charge in [-0.1, -0.05) is 26.7 Å². The van der Waals surface area contributed by atoms with Crippen molar-refractivity contribution in [2.24, 2.45) is 5.92 Å². The van der Waals surface area contributed by atoms with Gasteiger partial charge in [0.05, 0.1) is 13.2 Å². The van der Waals surface area contributed by atoms with Crippen LogP contribution < -0.4 is 5.32 Å². The Morgan fingerprint density at radius 1 is 1.17 bits per heavy atom. The summed E-state index contributed by atoms with van der Waals surface area (Å²) in [6.07, 6.45) is 2.03. The van der Waals surface area contributed by atoms with Gasteiger partial charge in [0.15, 0.2) is 0 Å². The maximum atomic E-state index is 13.3. The van der Waals surface area contributed by atoms with E-state index in [1.54, 1.807) is 0 Å². The number of rotatable bonds is 7. The molecule has 1 aliphatic heterocycles. The first kappa shape index (κ1) is 18.8. The van der Waals surface area contributed by atoms with Crippen molar-refractivity contribution in [2.45, 2.75) is 32.7 Å². The molecule has 0 bridgehead atoms. The smallest absolute Gasteiger partial charge is 0.251 e. The molecule has 1 aromatic rings. The second kappa shape index (κ2) is 9.08. The molecular weight excluding hydrogens is 314 g/mol. The minimum absolute atomic E-state index is 0.0118. The molecule has 1 aliphatic rings. The second-order valence-electron chi connectivity index (χ2n) is 6.16. The molecule has 1 amide bonds. The van der Waals surface area contributed by atoms with Crippen LogP contribution in [-0.4, -0.2) is 49.7 Å². The van der Waals surface area contributed by atoms with Crippen LogP contribution in [0, 0.1) is 17.6 Å². The van der Waals surface area contributed by atoms with Crippen molar-refractivity contribution >= 4 is 5.91 Å². The lowest BCUT2D eigenvalue weighted by Gasteiger charge is -2.38. The third-order valence-electron chi connectivity index (χ3n) is 4.70. The summed E-state index contributed by atoms with van der Waals surface area (Å²) in [6, 6.07) is 3.07. The molecular formula is C18H26F2N2O2. The maximum Gasteiger partial charge on any atom is 0.251 e. The van der Waals surface area contributed by atoms with Crippen LogP contribution in [0.15, 0.2) is 18.2 Å². The van der Waals surface area contributed by atoms with Crippen LogP contribution in [0.2, 0.25) is 0 Å². The van der Waals surface area contributed by atoms with E-state index in [9.17, 15) is 13.6 Å². The number of carbonyl (C=O) groups excluding carboxylic acids is 1. The first-order valence-electron chi connectivity index (χ1n) is 8.61. The molecule has 1 N–H and O–H groups in total. The van der Waals surface area contributed by atoms with Crippen molar-refractivity contribution in [1.82, 2.24) is 10.2 Å². The van der Waals surface area contributed by atoms with Gasteiger partial charge in [-0.3, -0.25) is 9.69 Å². The van der Waals surface area contributed by atoms with Crippen molar-refractivity contribution < 1.29 is 18.3 Å². The highest BCUT2D eigenvalue weighted by atomic mass is 19.1. The Morgan fingerprint density at radius 2 is 1.75 bits per heavy atom. The molecule has 1 fully saturated rings. The minimum Gasteiger partial charge on any atom is -0.379 e. The van der Waals surface area contributed by atoms with Gasteiger partial charge < -0.3 is 10.1 Å². The number of amides is 1. The number of ether oxygens (including phenoxy) is 1. The molecule has 1 atom stereocenters. The molecule has 0 aliphatic carbocycles. The number of nitrogens with one attached hydrogen (secondary N) is 1. The topological polar surface area (TPSA) is 41.6 Å². The Bertz CT molecular complexity index is 524. The number of halogens is 2. The Morgan fingerprint density at radius 3 is 2.29 bits per heavy atom. The lowest BCUT2D eigenvalue weighted by Crippen LogP contribution is -2.52. The van der Waals surface area contributed by atoms with Crippen LogP contribution in [-0.2, 0) is 4.74 Å². The molecule has 0 unspecified atom stereocenters. The SMILES string of the molecule is CCC(CC)[C@H](CNC(=O)c1cc(F)cc(F)c1)N1CCOCC1. The van der Waals surface area contributed by atoms with Gasteiger partial charge >= 0.3 is 0 Å². The predicted octanol–water partition coefficient (Wildman–Crippen LogP) is 2.83. The van der Waals surface area contributed by atoms with Crippen LogP contribution in [0.1, 0.15) is 37.0 Å². The van der Waals surface area contributed by atoms with E-state index in [-0.39, 0.29) is 11.6 Å². The summed E-state index contributed by atoms with van der Waals surface area (Å²) in [4.78, 5) is 14.6. The van der Waals surface area contributed by atoms with Gasteiger partial charge in [0.2, 0.25) is 0 Å². The number of nitrogens with zero attached hydrogens (tertiary/aromatic N) is 1. The molecule has 24 heavy (non-hydrogen) atoms. The van der Waals surface area contributed by atoms with Crippen molar-refractivity contribution in [1.29, 1.82) is 0 Å². The van der Waals surface area contributed by atoms with E-state index >= 15 is 0 Å². The maximum absolute atomic E-state index is 13.3. The fourth-order valence-corrected chi connectivity index (χ4v) is 3.32. The quantitative estimate of drug-likeness (QED) is 0.830. The van der Waals surface area contributed by atoms with E-state index < -0.39 is 17.5 Å². The van der Waals surface area contributed by atoms with Gasteiger partial charge in [-0.15, -0.1) is 0 Å². The van der Waals surface area contributed by atoms with Crippen LogP contribution in [0.5, 0.6) is 0 Å². The minimum atomic E-state index is -0.745.